The monoisotopic (exact) mass is 424 g/mol. The van der Waals surface area contributed by atoms with Gasteiger partial charge in [-0.15, -0.1) is 0 Å². The first kappa shape index (κ1) is 20.6. The molecule has 0 amide bonds. The Hall–Kier alpha value is -1.69. The first-order valence-corrected chi connectivity index (χ1v) is 9.58. The lowest BCUT2D eigenvalue weighted by Gasteiger charge is -2.35. The van der Waals surface area contributed by atoms with E-state index in [-0.39, 0.29) is 18.3 Å². The second-order valence-electron chi connectivity index (χ2n) is 7.42. The molecular formula is C20H25BrO5. The van der Waals surface area contributed by atoms with Gasteiger partial charge in [0.1, 0.15) is 5.60 Å². The Morgan fingerprint density at radius 1 is 1.23 bits per heavy atom. The van der Waals surface area contributed by atoms with Gasteiger partial charge in [0.2, 0.25) is 0 Å². The average Bonchev–Trinajstić information content (AvgIpc) is 2.77. The maximum absolute atomic E-state index is 13.3. The van der Waals surface area contributed by atoms with E-state index < -0.39 is 35.3 Å². The van der Waals surface area contributed by atoms with Crippen LogP contribution in [0.3, 0.4) is 0 Å². The number of hydrogen-bond acceptors (Lipinski definition) is 5. The smallest absolute Gasteiger partial charge is 0.321 e. The van der Waals surface area contributed by atoms with Crippen molar-refractivity contribution in [1.82, 2.24) is 0 Å². The van der Waals surface area contributed by atoms with Crippen LogP contribution in [-0.4, -0.2) is 29.9 Å². The lowest BCUT2D eigenvalue weighted by Crippen LogP contribution is -2.44. The number of ketones is 1. The quantitative estimate of drug-likeness (QED) is 0.391. The minimum Gasteiger partial charge on any atom is -0.465 e. The molecule has 26 heavy (non-hydrogen) atoms. The second kappa shape index (κ2) is 7.91. The zero-order chi connectivity index (χ0) is 19.6. The standard InChI is InChI=1S/C20H25BrO5/c1-6-25-18(23)15-16(20(4,5)26-19(15)24)14(11(2)3)17(22)12-7-9-13(21)10-8-12/h7-11,14-16H,6H2,1-5H3/t14-,15+,16-/m1/s1. The topological polar surface area (TPSA) is 69.7 Å². The van der Waals surface area contributed by atoms with Crippen LogP contribution in [-0.2, 0) is 19.1 Å². The third-order valence-corrected chi connectivity index (χ3v) is 5.39. The van der Waals surface area contributed by atoms with Crippen LogP contribution in [0.4, 0.5) is 0 Å². The molecule has 0 saturated carbocycles. The average molecular weight is 425 g/mol. The van der Waals surface area contributed by atoms with Crippen LogP contribution in [0.5, 0.6) is 0 Å². The molecule has 1 aliphatic heterocycles. The van der Waals surface area contributed by atoms with Crippen LogP contribution in [0.25, 0.3) is 0 Å². The van der Waals surface area contributed by atoms with Gasteiger partial charge in [-0.2, -0.15) is 0 Å². The summed E-state index contributed by atoms with van der Waals surface area (Å²) < 4.78 is 11.4. The zero-order valence-corrected chi connectivity index (χ0v) is 17.3. The number of benzene rings is 1. The molecule has 0 radical (unpaired) electrons. The highest BCUT2D eigenvalue weighted by atomic mass is 79.9. The molecule has 1 fully saturated rings. The van der Waals surface area contributed by atoms with Crippen molar-refractivity contribution in [1.29, 1.82) is 0 Å². The summed E-state index contributed by atoms with van der Waals surface area (Å²) in [7, 11) is 0. The number of esters is 2. The zero-order valence-electron chi connectivity index (χ0n) is 15.7. The molecule has 3 atom stereocenters. The summed E-state index contributed by atoms with van der Waals surface area (Å²) in [5.74, 6) is -3.65. The molecule has 0 N–H and O–H groups in total. The van der Waals surface area contributed by atoms with Crippen LogP contribution in [0, 0.1) is 23.7 Å². The van der Waals surface area contributed by atoms with Gasteiger partial charge in [0.15, 0.2) is 11.7 Å². The summed E-state index contributed by atoms with van der Waals surface area (Å²) in [6.07, 6.45) is 0. The Balaban J connectivity index is 2.47. The van der Waals surface area contributed by atoms with Gasteiger partial charge >= 0.3 is 11.9 Å². The van der Waals surface area contributed by atoms with Gasteiger partial charge in [0, 0.05) is 21.9 Å². The lowest BCUT2D eigenvalue weighted by molar-refractivity contribution is -0.157. The van der Waals surface area contributed by atoms with E-state index in [1.165, 1.54) is 0 Å². The van der Waals surface area contributed by atoms with Gasteiger partial charge in [0.25, 0.3) is 0 Å². The molecule has 2 rings (SSSR count). The molecule has 1 aliphatic rings. The Labute approximate surface area is 162 Å². The van der Waals surface area contributed by atoms with Crippen LogP contribution >= 0.6 is 15.9 Å². The number of ether oxygens (including phenoxy) is 2. The van der Waals surface area contributed by atoms with Crippen molar-refractivity contribution in [3.8, 4) is 0 Å². The fourth-order valence-corrected chi connectivity index (χ4v) is 4.00. The first-order chi connectivity index (χ1) is 12.1. The fraction of sp³-hybridized carbons (Fsp3) is 0.550. The summed E-state index contributed by atoms with van der Waals surface area (Å²) in [4.78, 5) is 38.1. The molecule has 1 aromatic carbocycles. The Bertz CT molecular complexity index is 693. The predicted octanol–water partition coefficient (Wildman–Crippen LogP) is 4.03. The van der Waals surface area contributed by atoms with Crippen molar-refractivity contribution < 1.29 is 23.9 Å². The highest BCUT2D eigenvalue weighted by molar-refractivity contribution is 9.10. The molecule has 6 heteroatoms. The van der Waals surface area contributed by atoms with Gasteiger partial charge in [-0.25, -0.2) is 0 Å². The normalized spacial score (nSPS) is 22.8. The summed E-state index contributed by atoms with van der Waals surface area (Å²) in [5.41, 5.74) is -0.390. The van der Waals surface area contributed by atoms with Crippen LogP contribution in [0.1, 0.15) is 45.0 Å². The van der Waals surface area contributed by atoms with E-state index in [4.69, 9.17) is 9.47 Å². The van der Waals surface area contributed by atoms with Gasteiger partial charge in [0.05, 0.1) is 6.61 Å². The van der Waals surface area contributed by atoms with E-state index in [9.17, 15) is 14.4 Å². The van der Waals surface area contributed by atoms with Crippen molar-refractivity contribution in [2.75, 3.05) is 6.61 Å². The second-order valence-corrected chi connectivity index (χ2v) is 8.34. The van der Waals surface area contributed by atoms with E-state index in [2.05, 4.69) is 15.9 Å². The maximum atomic E-state index is 13.3. The molecule has 1 saturated heterocycles. The summed E-state index contributed by atoms with van der Waals surface area (Å²) in [6, 6.07) is 7.08. The van der Waals surface area contributed by atoms with Gasteiger partial charge in [-0.3, -0.25) is 14.4 Å². The minimum absolute atomic E-state index is 0.0816. The van der Waals surface area contributed by atoms with Gasteiger partial charge < -0.3 is 9.47 Å². The van der Waals surface area contributed by atoms with Gasteiger partial charge in [-0.05, 0) is 38.8 Å². The maximum Gasteiger partial charge on any atom is 0.321 e. The molecule has 0 spiro atoms. The van der Waals surface area contributed by atoms with Crippen molar-refractivity contribution >= 4 is 33.7 Å². The summed E-state index contributed by atoms with van der Waals surface area (Å²) >= 11 is 3.36. The van der Waals surface area contributed by atoms with E-state index >= 15 is 0 Å². The SMILES string of the molecule is CCOC(=O)[C@H]1C(=O)OC(C)(C)[C@@H]1[C@H](C(=O)c1ccc(Br)cc1)C(C)C. The van der Waals surface area contributed by atoms with Crippen LogP contribution in [0.2, 0.25) is 0 Å². The number of Topliss-reactive ketones (excluding diaryl/α,β-unsaturated/α-hetero) is 1. The molecule has 0 aromatic heterocycles. The van der Waals surface area contributed by atoms with Crippen molar-refractivity contribution in [3.63, 3.8) is 0 Å². The highest BCUT2D eigenvalue weighted by Crippen LogP contribution is 2.46. The number of halogens is 1. The Kier molecular flexibility index (Phi) is 6.27. The number of carbonyl (C=O) groups excluding carboxylic acids is 3. The van der Waals surface area contributed by atoms with Gasteiger partial charge in [-0.1, -0.05) is 41.9 Å². The van der Waals surface area contributed by atoms with E-state index in [1.807, 2.05) is 13.8 Å². The molecule has 0 unspecified atom stereocenters. The number of hydrogen-bond donors (Lipinski definition) is 0. The third-order valence-electron chi connectivity index (χ3n) is 4.86. The Morgan fingerprint density at radius 3 is 2.31 bits per heavy atom. The Morgan fingerprint density at radius 2 is 1.81 bits per heavy atom. The van der Waals surface area contributed by atoms with Crippen LogP contribution in [0.15, 0.2) is 28.7 Å². The van der Waals surface area contributed by atoms with E-state index in [1.54, 1.807) is 45.0 Å². The van der Waals surface area contributed by atoms with Crippen molar-refractivity contribution in [2.24, 2.45) is 23.7 Å². The first-order valence-electron chi connectivity index (χ1n) is 8.79. The lowest BCUT2D eigenvalue weighted by atomic mass is 9.67. The summed E-state index contributed by atoms with van der Waals surface area (Å²) in [6.45, 7) is 9.19. The molecule has 5 nitrogen and oxygen atoms in total. The molecule has 1 aromatic rings. The number of carbonyl (C=O) groups is 3. The number of rotatable bonds is 6. The molecule has 0 bridgehead atoms. The molecular weight excluding hydrogens is 400 g/mol. The fourth-order valence-electron chi connectivity index (χ4n) is 3.74. The molecule has 142 valence electrons. The highest BCUT2D eigenvalue weighted by Gasteiger charge is 2.59. The van der Waals surface area contributed by atoms with E-state index in [0.717, 1.165) is 4.47 Å². The molecule has 1 heterocycles. The van der Waals surface area contributed by atoms with Crippen molar-refractivity contribution in [2.45, 2.75) is 40.2 Å². The summed E-state index contributed by atoms with van der Waals surface area (Å²) in [5, 5.41) is 0. The number of cyclic esters (lactones) is 1. The van der Waals surface area contributed by atoms with Crippen molar-refractivity contribution in [3.05, 3.63) is 34.3 Å². The third kappa shape index (κ3) is 4.00. The van der Waals surface area contributed by atoms with Crippen LogP contribution < -0.4 is 0 Å². The predicted molar refractivity (Wildman–Crippen MR) is 101 cm³/mol. The van der Waals surface area contributed by atoms with E-state index in [0.29, 0.717) is 5.56 Å². The minimum atomic E-state index is -1.09. The largest absolute Gasteiger partial charge is 0.465 e. The molecule has 0 aliphatic carbocycles.